The second-order valence-corrected chi connectivity index (χ2v) is 7.77. The van der Waals surface area contributed by atoms with Crippen molar-refractivity contribution in [2.75, 3.05) is 13.7 Å². The first kappa shape index (κ1) is 16.4. The van der Waals surface area contributed by atoms with E-state index in [9.17, 15) is 0 Å². The van der Waals surface area contributed by atoms with Gasteiger partial charge in [0.05, 0.1) is 7.11 Å². The molecule has 0 bridgehead atoms. The van der Waals surface area contributed by atoms with E-state index in [0.717, 1.165) is 18.2 Å². The van der Waals surface area contributed by atoms with Crippen LogP contribution in [0.25, 0.3) is 0 Å². The van der Waals surface area contributed by atoms with Gasteiger partial charge >= 0.3 is 0 Å². The molecule has 1 saturated carbocycles. The van der Waals surface area contributed by atoms with Gasteiger partial charge in [-0.15, -0.1) is 0 Å². The highest BCUT2D eigenvalue weighted by atomic mass is 16.5. The number of rotatable bonds is 4. The molecule has 118 valence electrons. The lowest BCUT2D eigenvalue weighted by molar-refractivity contribution is 0.212. The number of hydrogen-bond acceptors (Lipinski definition) is 2. The van der Waals surface area contributed by atoms with Crippen molar-refractivity contribution in [3.05, 3.63) is 29.8 Å². The second kappa shape index (κ2) is 6.39. The van der Waals surface area contributed by atoms with E-state index >= 15 is 0 Å². The molecule has 0 amide bonds. The second-order valence-electron chi connectivity index (χ2n) is 7.77. The first-order valence-corrected chi connectivity index (χ1v) is 8.25. The van der Waals surface area contributed by atoms with Crippen molar-refractivity contribution in [2.24, 2.45) is 5.92 Å². The molecular weight excluding hydrogens is 258 g/mol. The highest BCUT2D eigenvalue weighted by molar-refractivity contribution is 5.40. The van der Waals surface area contributed by atoms with Gasteiger partial charge in [-0.1, -0.05) is 25.1 Å². The monoisotopic (exact) mass is 289 g/mol. The van der Waals surface area contributed by atoms with Crippen molar-refractivity contribution in [1.82, 2.24) is 5.32 Å². The van der Waals surface area contributed by atoms with Crippen molar-refractivity contribution in [1.29, 1.82) is 0 Å². The van der Waals surface area contributed by atoms with Crippen LogP contribution in [0.4, 0.5) is 0 Å². The topological polar surface area (TPSA) is 21.3 Å². The van der Waals surface area contributed by atoms with Crippen LogP contribution in [-0.2, 0) is 5.41 Å². The summed E-state index contributed by atoms with van der Waals surface area (Å²) in [5.74, 6) is 1.89. The summed E-state index contributed by atoms with van der Waals surface area (Å²) >= 11 is 0. The molecule has 0 atom stereocenters. The summed E-state index contributed by atoms with van der Waals surface area (Å²) in [6, 6.07) is 8.58. The molecule has 1 aliphatic carbocycles. The van der Waals surface area contributed by atoms with Crippen molar-refractivity contribution >= 4 is 0 Å². The van der Waals surface area contributed by atoms with E-state index in [2.05, 4.69) is 57.3 Å². The van der Waals surface area contributed by atoms with Crippen LogP contribution in [0.15, 0.2) is 24.3 Å². The van der Waals surface area contributed by atoms with Gasteiger partial charge in [0.2, 0.25) is 0 Å². The molecule has 0 saturated heterocycles. The number of para-hydroxylation sites is 1. The first-order chi connectivity index (χ1) is 9.86. The molecule has 0 aromatic heterocycles. The standard InChI is InChI=1S/C19H31NO/c1-15-10-12-19(13-11-15,14-20-18(2,3)4)16-8-6-7-9-17(16)21-5/h6-9,15,20H,10-14H2,1-5H3. The van der Waals surface area contributed by atoms with E-state index in [1.54, 1.807) is 7.11 Å². The quantitative estimate of drug-likeness (QED) is 0.879. The summed E-state index contributed by atoms with van der Waals surface area (Å²) in [5.41, 5.74) is 1.75. The Kier molecular flexibility index (Phi) is 4.98. The lowest BCUT2D eigenvalue weighted by Crippen LogP contribution is -2.47. The van der Waals surface area contributed by atoms with Gasteiger partial charge in [-0.3, -0.25) is 0 Å². The first-order valence-electron chi connectivity index (χ1n) is 8.25. The Morgan fingerprint density at radius 3 is 2.38 bits per heavy atom. The van der Waals surface area contributed by atoms with E-state index < -0.39 is 0 Å². The summed E-state index contributed by atoms with van der Waals surface area (Å²) in [6.07, 6.45) is 5.11. The molecule has 1 fully saturated rings. The third kappa shape index (κ3) is 4.00. The van der Waals surface area contributed by atoms with Crippen LogP contribution in [0.5, 0.6) is 5.75 Å². The molecular formula is C19H31NO. The van der Waals surface area contributed by atoms with Crippen LogP contribution >= 0.6 is 0 Å². The third-order valence-electron chi connectivity index (χ3n) is 4.87. The van der Waals surface area contributed by atoms with E-state index in [4.69, 9.17) is 4.74 Å². The number of benzene rings is 1. The number of hydrogen-bond donors (Lipinski definition) is 1. The van der Waals surface area contributed by atoms with E-state index in [1.807, 2.05) is 0 Å². The van der Waals surface area contributed by atoms with Gasteiger partial charge in [-0.25, -0.2) is 0 Å². The minimum Gasteiger partial charge on any atom is -0.496 e. The molecule has 1 aromatic carbocycles. The van der Waals surface area contributed by atoms with Crippen molar-refractivity contribution in [2.45, 2.75) is 64.3 Å². The van der Waals surface area contributed by atoms with Crippen LogP contribution in [0.2, 0.25) is 0 Å². The van der Waals surface area contributed by atoms with Gasteiger partial charge in [-0.2, -0.15) is 0 Å². The van der Waals surface area contributed by atoms with Crippen LogP contribution in [0.3, 0.4) is 0 Å². The lowest BCUT2D eigenvalue weighted by Gasteiger charge is -2.42. The molecule has 0 radical (unpaired) electrons. The minimum absolute atomic E-state index is 0.151. The normalized spacial score (nSPS) is 26.6. The molecule has 2 rings (SSSR count). The summed E-state index contributed by atoms with van der Waals surface area (Å²) in [6.45, 7) is 10.1. The fourth-order valence-corrected chi connectivity index (χ4v) is 3.37. The number of methoxy groups -OCH3 is 1. The molecule has 2 nitrogen and oxygen atoms in total. The summed E-state index contributed by atoms with van der Waals surface area (Å²) < 4.78 is 5.65. The van der Waals surface area contributed by atoms with Gasteiger partial charge in [0, 0.05) is 23.1 Å². The van der Waals surface area contributed by atoms with Crippen molar-refractivity contribution in [3.63, 3.8) is 0 Å². The molecule has 1 aromatic rings. The average molecular weight is 289 g/mol. The van der Waals surface area contributed by atoms with Crippen molar-refractivity contribution < 1.29 is 4.74 Å². The Hall–Kier alpha value is -1.02. The van der Waals surface area contributed by atoms with E-state index in [-0.39, 0.29) is 11.0 Å². The summed E-state index contributed by atoms with van der Waals surface area (Å²) in [5, 5.41) is 3.74. The smallest absolute Gasteiger partial charge is 0.122 e. The van der Waals surface area contributed by atoms with E-state index in [1.165, 1.54) is 31.2 Å². The van der Waals surface area contributed by atoms with Crippen molar-refractivity contribution in [3.8, 4) is 5.75 Å². The number of ether oxygens (including phenoxy) is 1. The SMILES string of the molecule is COc1ccccc1C1(CNC(C)(C)C)CCC(C)CC1. The van der Waals surface area contributed by atoms with Crippen LogP contribution in [0.1, 0.15) is 58.9 Å². The molecule has 1 N–H and O–H groups in total. The maximum Gasteiger partial charge on any atom is 0.122 e. The van der Waals surface area contributed by atoms with Gasteiger partial charge in [0.25, 0.3) is 0 Å². The fourth-order valence-electron chi connectivity index (χ4n) is 3.37. The number of nitrogens with one attached hydrogen (secondary N) is 1. The maximum atomic E-state index is 5.65. The lowest BCUT2D eigenvalue weighted by atomic mass is 9.66. The Labute approximate surface area is 130 Å². The van der Waals surface area contributed by atoms with Gasteiger partial charge in [0.15, 0.2) is 0 Å². The van der Waals surface area contributed by atoms with Gasteiger partial charge < -0.3 is 10.1 Å². The van der Waals surface area contributed by atoms with Gasteiger partial charge in [-0.05, 0) is 58.4 Å². The average Bonchev–Trinajstić information content (AvgIpc) is 2.46. The largest absolute Gasteiger partial charge is 0.496 e. The zero-order valence-electron chi connectivity index (χ0n) is 14.3. The summed E-state index contributed by atoms with van der Waals surface area (Å²) in [4.78, 5) is 0. The molecule has 2 heteroatoms. The Morgan fingerprint density at radius 2 is 1.81 bits per heavy atom. The van der Waals surface area contributed by atoms with Crippen LogP contribution in [0, 0.1) is 5.92 Å². The third-order valence-corrected chi connectivity index (χ3v) is 4.87. The molecule has 21 heavy (non-hydrogen) atoms. The molecule has 0 heterocycles. The fraction of sp³-hybridized carbons (Fsp3) is 0.684. The van der Waals surface area contributed by atoms with E-state index in [0.29, 0.717) is 0 Å². The molecule has 1 aliphatic rings. The highest BCUT2D eigenvalue weighted by Gasteiger charge is 2.38. The highest BCUT2D eigenvalue weighted by Crippen LogP contribution is 2.44. The Bertz CT molecular complexity index is 453. The van der Waals surface area contributed by atoms with Crippen LogP contribution in [-0.4, -0.2) is 19.2 Å². The Morgan fingerprint density at radius 1 is 1.19 bits per heavy atom. The molecule has 0 unspecified atom stereocenters. The maximum absolute atomic E-state index is 5.65. The molecule has 0 aliphatic heterocycles. The molecule has 0 spiro atoms. The minimum atomic E-state index is 0.151. The zero-order valence-corrected chi connectivity index (χ0v) is 14.3. The summed E-state index contributed by atoms with van der Waals surface area (Å²) in [7, 11) is 1.79. The Balaban J connectivity index is 2.31. The predicted octanol–water partition coefficient (Wildman–Crippen LogP) is 4.53. The van der Waals surface area contributed by atoms with Gasteiger partial charge in [0.1, 0.15) is 5.75 Å². The zero-order chi connectivity index (χ0) is 15.5. The predicted molar refractivity (Wildman–Crippen MR) is 90.1 cm³/mol. The van der Waals surface area contributed by atoms with Crippen LogP contribution < -0.4 is 10.1 Å².